The molecule has 0 spiro atoms. The van der Waals surface area contributed by atoms with Crippen molar-refractivity contribution in [2.24, 2.45) is 0 Å². The summed E-state index contributed by atoms with van der Waals surface area (Å²) in [4.78, 5) is 28.8. The number of para-hydroxylation sites is 2. The first-order valence-corrected chi connectivity index (χ1v) is 9.44. The summed E-state index contributed by atoms with van der Waals surface area (Å²) in [6, 6.07) is 15.0. The van der Waals surface area contributed by atoms with Crippen LogP contribution in [0.5, 0.6) is 5.75 Å². The summed E-state index contributed by atoms with van der Waals surface area (Å²) in [7, 11) is 1.56. The number of Topliss-reactive ketones (excluding diaryl/α,β-unsaturated/α-hetero) is 1. The Labute approximate surface area is 164 Å². The third kappa shape index (κ3) is 4.76. The fraction of sp³-hybridized carbons (Fsp3) is 0.318. The van der Waals surface area contributed by atoms with Crippen molar-refractivity contribution >= 4 is 22.7 Å². The maximum atomic E-state index is 12.2. The Bertz CT molecular complexity index is 978. The lowest BCUT2D eigenvalue weighted by molar-refractivity contribution is -0.121. The zero-order valence-electron chi connectivity index (χ0n) is 16.3. The number of rotatable bonds is 9. The first-order chi connectivity index (χ1) is 13.6. The van der Waals surface area contributed by atoms with Crippen molar-refractivity contribution in [3.63, 3.8) is 0 Å². The quantitative estimate of drug-likeness (QED) is 0.456. The molecular formula is C22H25N3O3. The number of ether oxygens (including phenoxy) is 1. The number of aromatic nitrogens is 2. The van der Waals surface area contributed by atoms with Gasteiger partial charge in [-0.1, -0.05) is 24.3 Å². The Morgan fingerprint density at radius 2 is 1.93 bits per heavy atom. The van der Waals surface area contributed by atoms with Crippen LogP contribution in [0, 0.1) is 6.92 Å². The molecule has 3 rings (SSSR count). The van der Waals surface area contributed by atoms with Gasteiger partial charge in [0.15, 0.2) is 5.78 Å². The molecule has 0 unspecified atom stereocenters. The maximum Gasteiger partial charge on any atom is 0.220 e. The molecule has 0 atom stereocenters. The van der Waals surface area contributed by atoms with Crippen molar-refractivity contribution < 1.29 is 14.3 Å². The molecule has 1 N–H and O–H groups in total. The fourth-order valence-corrected chi connectivity index (χ4v) is 3.20. The van der Waals surface area contributed by atoms with Gasteiger partial charge in [-0.25, -0.2) is 4.98 Å². The van der Waals surface area contributed by atoms with E-state index in [2.05, 4.69) is 20.9 Å². The number of benzene rings is 2. The van der Waals surface area contributed by atoms with Crippen LogP contribution >= 0.6 is 0 Å². The van der Waals surface area contributed by atoms with E-state index < -0.39 is 0 Å². The van der Waals surface area contributed by atoms with E-state index in [-0.39, 0.29) is 24.5 Å². The lowest BCUT2D eigenvalue weighted by Crippen LogP contribution is -2.25. The van der Waals surface area contributed by atoms with Crippen molar-refractivity contribution in [3.05, 3.63) is 59.9 Å². The van der Waals surface area contributed by atoms with E-state index in [1.54, 1.807) is 31.4 Å². The van der Waals surface area contributed by atoms with Crippen molar-refractivity contribution in [1.82, 2.24) is 14.9 Å². The van der Waals surface area contributed by atoms with Crippen LogP contribution in [0.3, 0.4) is 0 Å². The van der Waals surface area contributed by atoms with Crippen LogP contribution in [0.15, 0.2) is 48.5 Å². The Hall–Kier alpha value is -3.15. The molecule has 3 aromatic rings. The number of carbonyl (C=O) groups excluding carboxylic acids is 2. The van der Waals surface area contributed by atoms with E-state index in [4.69, 9.17) is 4.74 Å². The summed E-state index contributed by atoms with van der Waals surface area (Å²) >= 11 is 0. The van der Waals surface area contributed by atoms with Gasteiger partial charge in [-0.2, -0.15) is 0 Å². The first-order valence-electron chi connectivity index (χ1n) is 9.44. The van der Waals surface area contributed by atoms with Crippen molar-refractivity contribution in [2.45, 2.75) is 32.7 Å². The molecule has 1 aromatic heterocycles. The summed E-state index contributed by atoms with van der Waals surface area (Å²) in [5.41, 5.74) is 2.66. The van der Waals surface area contributed by atoms with E-state index in [1.165, 1.54) is 0 Å². The van der Waals surface area contributed by atoms with Gasteiger partial charge in [0.1, 0.15) is 11.6 Å². The normalized spacial score (nSPS) is 10.8. The highest BCUT2D eigenvalue weighted by molar-refractivity contribution is 5.98. The second-order valence-corrected chi connectivity index (χ2v) is 6.66. The molecule has 6 nitrogen and oxygen atoms in total. The highest BCUT2D eigenvalue weighted by Gasteiger charge is 2.10. The van der Waals surface area contributed by atoms with Gasteiger partial charge in [0.05, 0.1) is 18.1 Å². The van der Waals surface area contributed by atoms with Crippen LogP contribution in [0.1, 0.15) is 35.4 Å². The average Bonchev–Trinajstić information content (AvgIpc) is 3.04. The molecule has 0 bridgehead atoms. The lowest BCUT2D eigenvalue weighted by atomic mass is 10.1. The highest BCUT2D eigenvalue weighted by Crippen LogP contribution is 2.16. The number of nitrogens with zero attached hydrogens (tertiary/aromatic N) is 2. The molecule has 0 saturated carbocycles. The van der Waals surface area contributed by atoms with Crippen molar-refractivity contribution in [3.8, 4) is 5.75 Å². The molecule has 0 fully saturated rings. The molecule has 0 saturated heterocycles. The van der Waals surface area contributed by atoms with E-state index in [0.29, 0.717) is 17.9 Å². The maximum absolute atomic E-state index is 12.2. The lowest BCUT2D eigenvalue weighted by Gasteiger charge is -2.08. The minimum atomic E-state index is -0.108. The third-order valence-corrected chi connectivity index (χ3v) is 4.70. The predicted octanol–water partition coefficient (Wildman–Crippen LogP) is 3.52. The van der Waals surface area contributed by atoms with Crippen molar-refractivity contribution in [1.29, 1.82) is 0 Å². The van der Waals surface area contributed by atoms with E-state index in [9.17, 15) is 9.59 Å². The number of imidazole rings is 1. The molecule has 28 heavy (non-hydrogen) atoms. The number of ketones is 1. The third-order valence-electron chi connectivity index (χ3n) is 4.70. The second kappa shape index (κ2) is 9.17. The van der Waals surface area contributed by atoms with Gasteiger partial charge in [0.25, 0.3) is 0 Å². The first kappa shape index (κ1) is 19.6. The molecule has 1 heterocycles. The summed E-state index contributed by atoms with van der Waals surface area (Å²) in [6.45, 7) is 3.34. The molecule has 146 valence electrons. The Morgan fingerprint density at radius 3 is 2.75 bits per heavy atom. The number of hydrogen-bond acceptors (Lipinski definition) is 4. The number of carbonyl (C=O) groups is 2. The van der Waals surface area contributed by atoms with Crippen LogP contribution in [0.25, 0.3) is 11.0 Å². The fourth-order valence-electron chi connectivity index (χ4n) is 3.20. The van der Waals surface area contributed by atoms with E-state index in [0.717, 1.165) is 29.8 Å². The van der Waals surface area contributed by atoms with Crippen LogP contribution in [0.2, 0.25) is 0 Å². The van der Waals surface area contributed by atoms with Gasteiger partial charge in [-0.3, -0.25) is 9.59 Å². The number of amides is 1. The van der Waals surface area contributed by atoms with Crippen LogP contribution in [-0.4, -0.2) is 34.9 Å². The zero-order chi connectivity index (χ0) is 19.9. The van der Waals surface area contributed by atoms with E-state index in [1.807, 2.05) is 25.1 Å². The summed E-state index contributed by atoms with van der Waals surface area (Å²) in [5, 5.41) is 2.89. The van der Waals surface area contributed by atoms with Gasteiger partial charge >= 0.3 is 0 Å². The van der Waals surface area contributed by atoms with E-state index >= 15 is 0 Å². The second-order valence-electron chi connectivity index (χ2n) is 6.66. The number of fused-ring (bicyclic) bond motifs is 1. The topological polar surface area (TPSA) is 73.2 Å². The number of methoxy groups -OCH3 is 1. The van der Waals surface area contributed by atoms with Crippen LogP contribution in [0.4, 0.5) is 0 Å². The monoisotopic (exact) mass is 379 g/mol. The standard InChI is InChI=1S/C22H25N3O3/c1-16-24-19-9-3-4-10-20(19)25(16)14-6-13-23-22(27)12-11-21(26)17-7-5-8-18(15-17)28-2/h3-5,7-10,15H,6,11-14H2,1-2H3,(H,23,27). The number of aryl methyl sites for hydroxylation is 2. The SMILES string of the molecule is COc1cccc(C(=O)CCC(=O)NCCCn2c(C)nc3ccccc32)c1. The zero-order valence-corrected chi connectivity index (χ0v) is 16.3. The Morgan fingerprint density at radius 1 is 1.11 bits per heavy atom. The van der Waals surface area contributed by atoms with Gasteiger partial charge < -0.3 is 14.6 Å². The van der Waals surface area contributed by atoms with Gasteiger partial charge in [0.2, 0.25) is 5.91 Å². The molecule has 0 radical (unpaired) electrons. The summed E-state index contributed by atoms with van der Waals surface area (Å²) < 4.78 is 7.28. The largest absolute Gasteiger partial charge is 0.497 e. The number of hydrogen-bond donors (Lipinski definition) is 1. The van der Waals surface area contributed by atoms with Gasteiger partial charge in [-0.15, -0.1) is 0 Å². The molecular weight excluding hydrogens is 354 g/mol. The Kier molecular flexibility index (Phi) is 6.42. The number of nitrogens with one attached hydrogen (secondary N) is 1. The molecule has 0 aliphatic carbocycles. The van der Waals surface area contributed by atoms with Gasteiger partial charge in [0, 0.05) is 31.5 Å². The minimum absolute atomic E-state index is 0.0606. The highest BCUT2D eigenvalue weighted by atomic mass is 16.5. The molecule has 0 aliphatic rings. The smallest absolute Gasteiger partial charge is 0.220 e. The molecule has 0 aliphatic heterocycles. The van der Waals surface area contributed by atoms with Crippen molar-refractivity contribution in [2.75, 3.05) is 13.7 Å². The predicted molar refractivity (Wildman–Crippen MR) is 109 cm³/mol. The average molecular weight is 379 g/mol. The Balaban J connectivity index is 1.42. The summed E-state index contributed by atoms with van der Waals surface area (Å²) in [6.07, 6.45) is 1.17. The molecule has 1 amide bonds. The van der Waals surface area contributed by atoms with Crippen LogP contribution in [-0.2, 0) is 11.3 Å². The minimum Gasteiger partial charge on any atom is -0.497 e. The van der Waals surface area contributed by atoms with Crippen LogP contribution < -0.4 is 10.1 Å². The molecule has 6 heteroatoms. The van der Waals surface area contributed by atoms with Gasteiger partial charge in [-0.05, 0) is 37.6 Å². The molecule has 2 aromatic carbocycles. The summed E-state index contributed by atoms with van der Waals surface area (Å²) in [5.74, 6) is 1.44.